The molecular formula is C11H11Cl2N3O2S2. The summed E-state index contributed by atoms with van der Waals surface area (Å²) in [5.41, 5.74) is 5.93. The molecule has 0 aliphatic carbocycles. The van der Waals surface area contributed by atoms with E-state index in [-0.39, 0.29) is 23.0 Å². The van der Waals surface area contributed by atoms with E-state index < -0.39 is 10.0 Å². The fraction of sp³-hybridized carbons (Fsp3) is 0.182. The van der Waals surface area contributed by atoms with Crippen LogP contribution in [0.1, 0.15) is 10.6 Å². The third kappa shape index (κ3) is 3.30. The minimum Gasteiger partial charge on any atom is -0.326 e. The molecule has 3 N–H and O–H groups in total. The molecule has 0 atom stereocenters. The zero-order valence-corrected chi connectivity index (χ0v) is 13.3. The Balaban J connectivity index is 2.30. The van der Waals surface area contributed by atoms with Crippen molar-refractivity contribution in [1.82, 2.24) is 9.71 Å². The number of thiazole rings is 1. The van der Waals surface area contributed by atoms with E-state index in [4.69, 9.17) is 28.9 Å². The highest BCUT2D eigenvalue weighted by Gasteiger charge is 2.21. The summed E-state index contributed by atoms with van der Waals surface area (Å²) in [5.74, 6) is 0. The lowest BCUT2D eigenvalue weighted by atomic mass is 10.2. The molecule has 0 aliphatic rings. The monoisotopic (exact) mass is 351 g/mol. The molecule has 1 heterocycles. The van der Waals surface area contributed by atoms with Gasteiger partial charge in [0.05, 0.1) is 11.6 Å². The topological polar surface area (TPSA) is 85.1 Å². The number of rotatable bonds is 5. The van der Waals surface area contributed by atoms with Crippen LogP contribution in [0, 0.1) is 0 Å². The van der Waals surface area contributed by atoms with Crippen molar-refractivity contribution in [2.45, 2.75) is 18.0 Å². The van der Waals surface area contributed by atoms with Gasteiger partial charge >= 0.3 is 0 Å². The summed E-state index contributed by atoms with van der Waals surface area (Å²) in [4.78, 5) is 3.96. The van der Waals surface area contributed by atoms with Gasteiger partial charge in [-0.05, 0) is 12.1 Å². The Bertz CT molecular complexity index is 703. The van der Waals surface area contributed by atoms with Crippen LogP contribution >= 0.6 is 34.5 Å². The van der Waals surface area contributed by atoms with E-state index in [1.807, 2.05) is 0 Å². The smallest absolute Gasteiger partial charge is 0.242 e. The Kier molecular flexibility index (Phi) is 5.00. The third-order valence-electron chi connectivity index (χ3n) is 2.54. The summed E-state index contributed by atoms with van der Waals surface area (Å²) in [6.45, 7) is 0.171. The number of nitrogens with two attached hydrogens (primary N) is 1. The van der Waals surface area contributed by atoms with Gasteiger partial charge in [0.1, 0.15) is 9.90 Å². The second-order valence-corrected chi connectivity index (χ2v) is 7.29. The van der Waals surface area contributed by atoms with Crippen molar-refractivity contribution < 1.29 is 8.42 Å². The predicted molar refractivity (Wildman–Crippen MR) is 80.5 cm³/mol. The van der Waals surface area contributed by atoms with Gasteiger partial charge in [-0.2, -0.15) is 0 Å². The standard InChI is InChI=1S/C11H11Cl2N3O2S2/c12-8-1-2-9(11(13)7(8)5-14)20(17,18)16-6-10-15-3-4-19-10/h1-4,16H,5-6,14H2. The average Bonchev–Trinajstić information content (AvgIpc) is 2.90. The summed E-state index contributed by atoms with van der Waals surface area (Å²) in [7, 11) is -3.75. The molecule has 0 saturated heterocycles. The molecule has 0 unspecified atom stereocenters. The number of nitrogens with one attached hydrogen (secondary N) is 1. The molecular weight excluding hydrogens is 341 g/mol. The zero-order chi connectivity index (χ0) is 14.8. The van der Waals surface area contributed by atoms with Crippen LogP contribution in [-0.4, -0.2) is 13.4 Å². The first-order valence-corrected chi connectivity index (χ1v) is 8.62. The van der Waals surface area contributed by atoms with Crippen LogP contribution in [0.3, 0.4) is 0 Å². The first-order chi connectivity index (χ1) is 9.45. The van der Waals surface area contributed by atoms with E-state index in [9.17, 15) is 8.42 Å². The average molecular weight is 352 g/mol. The molecule has 20 heavy (non-hydrogen) atoms. The van der Waals surface area contributed by atoms with Gasteiger partial charge in [-0.3, -0.25) is 0 Å². The van der Waals surface area contributed by atoms with E-state index in [2.05, 4.69) is 9.71 Å². The molecule has 0 fully saturated rings. The second-order valence-electron chi connectivity index (χ2n) is 3.79. The van der Waals surface area contributed by atoms with Gasteiger partial charge in [-0.25, -0.2) is 18.1 Å². The normalized spacial score (nSPS) is 11.8. The largest absolute Gasteiger partial charge is 0.326 e. The summed E-state index contributed by atoms with van der Waals surface area (Å²) in [5, 5.41) is 2.83. The predicted octanol–water partition coefficient (Wildman–Crippen LogP) is 2.39. The number of nitrogens with zero attached hydrogens (tertiary/aromatic N) is 1. The van der Waals surface area contributed by atoms with Crippen LogP contribution < -0.4 is 10.5 Å². The summed E-state index contributed by atoms with van der Waals surface area (Å²) in [6, 6.07) is 2.82. The maximum Gasteiger partial charge on any atom is 0.242 e. The van der Waals surface area contributed by atoms with E-state index in [1.165, 1.54) is 23.5 Å². The van der Waals surface area contributed by atoms with Gasteiger partial charge in [0.25, 0.3) is 0 Å². The Labute approximate surface area is 130 Å². The third-order valence-corrected chi connectivity index (χ3v) is 5.66. The lowest BCUT2D eigenvalue weighted by Gasteiger charge is -2.11. The number of hydrogen-bond donors (Lipinski definition) is 2. The molecule has 0 saturated carbocycles. The molecule has 5 nitrogen and oxygen atoms in total. The van der Waals surface area contributed by atoms with Crippen LogP contribution in [-0.2, 0) is 23.1 Å². The van der Waals surface area contributed by atoms with Crippen LogP contribution in [0.5, 0.6) is 0 Å². The van der Waals surface area contributed by atoms with E-state index >= 15 is 0 Å². The van der Waals surface area contributed by atoms with Gasteiger partial charge in [0, 0.05) is 28.7 Å². The van der Waals surface area contributed by atoms with E-state index in [0.29, 0.717) is 15.6 Å². The maximum absolute atomic E-state index is 12.2. The zero-order valence-electron chi connectivity index (χ0n) is 10.1. The molecule has 0 bridgehead atoms. The van der Waals surface area contributed by atoms with Crippen molar-refractivity contribution in [2.75, 3.05) is 0 Å². The SMILES string of the molecule is NCc1c(Cl)ccc(S(=O)(=O)NCc2nccs2)c1Cl. The Morgan fingerprint density at radius 1 is 1.35 bits per heavy atom. The molecule has 9 heteroatoms. The quantitative estimate of drug-likeness (QED) is 0.865. The number of halogens is 2. The van der Waals surface area contributed by atoms with E-state index in [1.54, 1.807) is 11.6 Å². The minimum absolute atomic E-state index is 0.0411. The number of aromatic nitrogens is 1. The minimum atomic E-state index is -3.75. The van der Waals surface area contributed by atoms with Crippen molar-refractivity contribution in [3.63, 3.8) is 0 Å². The lowest BCUT2D eigenvalue weighted by Crippen LogP contribution is -2.24. The van der Waals surface area contributed by atoms with Crippen LogP contribution in [0.25, 0.3) is 0 Å². The van der Waals surface area contributed by atoms with Crippen molar-refractivity contribution in [3.05, 3.63) is 44.3 Å². The van der Waals surface area contributed by atoms with Gasteiger partial charge < -0.3 is 5.73 Å². The highest BCUT2D eigenvalue weighted by atomic mass is 35.5. The summed E-state index contributed by atoms with van der Waals surface area (Å²) in [6.07, 6.45) is 1.61. The molecule has 0 spiro atoms. The number of hydrogen-bond acceptors (Lipinski definition) is 5. The molecule has 0 radical (unpaired) electrons. The van der Waals surface area contributed by atoms with Crippen LogP contribution in [0.4, 0.5) is 0 Å². The molecule has 2 aromatic rings. The van der Waals surface area contributed by atoms with Crippen molar-refractivity contribution in [3.8, 4) is 0 Å². The van der Waals surface area contributed by atoms with Gasteiger partial charge in [0.2, 0.25) is 10.0 Å². The highest BCUT2D eigenvalue weighted by molar-refractivity contribution is 7.89. The van der Waals surface area contributed by atoms with Crippen LogP contribution in [0.2, 0.25) is 10.0 Å². The first kappa shape index (κ1) is 15.7. The van der Waals surface area contributed by atoms with Crippen molar-refractivity contribution in [2.24, 2.45) is 5.73 Å². The van der Waals surface area contributed by atoms with Crippen molar-refractivity contribution in [1.29, 1.82) is 0 Å². The summed E-state index contributed by atoms with van der Waals surface area (Å²) >= 11 is 13.3. The molecule has 1 aromatic heterocycles. The van der Waals surface area contributed by atoms with Crippen LogP contribution in [0.15, 0.2) is 28.6 Å². The van der Waals surface area contributed by atoms with Gasteiger partial charge in [-0.1, -0.05) is 23.2 Å². The highest BCUT2D eigenvalue weighted by Crippen LogP contribution is 2.30. The summed E-state index contributed by atoms with van der Waals surface area (Å²) < 4.78 is 26.9. The number of benzene rings is 1. The lowest BCUT2D eigenvalue weighted by molar-refractivity contribution is 0.581. The fourth-order valence-electron chi connectivity index (χ4n) is 1.55. The Morgan fingerprint density at radius 3 is 2.70 bits per heavy atom. The molecule has 108 valence electrons. The van der Waals surface area contributed by atoms with E-state index in [0.717, 1.165) is 0 Å². The fourth-order valence-corrected chi connectivity index (χ4v) is 4.11. The molecule has 0 aliphatic heterocycles. The maximum atomic E-state index is 12.2. The molecule has 2 rings (SSSR count). The second kappa shape index (κ2) is 6.38. The first-order valence-electron chi connectivity index (χ1n) is 5.50. The van der Waals surface area contributed by atoms with Gasteiger partial charge in [-0.15, -0.1) is 11.3 Å². The Hall–Kier alpha value is -0.700. The molecule has 0 amide bonds. The van der Waals surface area contributed by atoms with Gasteiger partial charge in [0.15, 0.2) is 0 Å². The Morgan fingerprint density at radius 2 is 2.10 bits per heavy atom. The van der Waals surface area contributed by atoms with Crippen molar-refractivity contribution >= 4 is 44.6 Å². The number of sulfonamides is 1. The molecule has 1 aromatic carbocycles.